The van der Waals surface area contributed by atoms with Crippen molar-refractivity contribution in [1.29, 1.82) is 0 Å². The molecule has 2 heteroatoms. The van der Waals surface area contributed by atoms with Crippen LogP contribution in [0, 0.1) is 0 Å². The highest BCUT2D eigenvalue weighted by atomic mass is 16.3. The number of aliphatic hydroxyl groups is 2. The molecule has 0 aromatic heterocycles. The summed E-state index contributed by atoms with van der Waals surface area (Å²) < 4.78 is 0. The number of hydrogen-bond acceptors (Lipinski definition) is 2. The van der Waals surface area contributed by atoms with Gasteiger partial charge < -0.3 is 10.2 Å². The minimum atomic E-state index is -0.403. The molecule has 2 nitrogen and oxygen atoms in total. The van der Waals surface area contributed by atoms with Crippen molar-refractivity contribution in [2.45, 2.75) is 38.4 Å². The molecule has 0 aliphatic rings. The molecular weight excluding hydrogens is 128 g/mol. The first-order chi connectivity index (χ1) is 4.66. The second-order valence-electron chi connectivity index (χ2n) is 2.60. The van der Waals surface area contributed by atoms with Crippen LogP contribution in [0.1, 0.15) is 26.2 Å². The average Bonchev–Trinajstić information content (AvgIpc) is 1.82. The lowest BCUT2D eigenvalue weighted by atomic mass is 10.1. The molecule has 0 amide bonds. The average molecular weight is 144 g/mol. The van der Waals surface area contributed by atoms with E-state index in [1.807, 2.05) is 0 Å². The lowest BCUT2D eigenvalue weighted by molar-refractivity contribution is 0.0859. The molecule has 0 radical (unpaired) electrons. The Bertz CT molecular complexity index is 89.3. The second kappa shape index (κ2) is 5.45. The highest BCUT2D eigenvalue weighted by molar-refractivity contribution is 4.70. The van der Waals surface area contributed by atoms with E-state index in [9.17, 15) is 0 Å². The number of rotatable bonds is 5. The number of allylic oxidation sites excluding steroid dienone is 1. The van der Waals surface area contributed by atoms with Crippen LogP contribution in [0.4, 0.5) is 0 Å². The molecule has 0 aliphatic carbocycles. The van der Waals surface area contributed by atoms with Crippen LogP contribution in [-0.2, 0) is 0 Å². The first-order valence-corrected chi connectivity index (χ1v) is 3.63. The minimum absolute atomic E-state index is 0.377. The fourth-order valence-corrected chi connectivity index (χ4v) is 0.822. The van der Waals surface area contributed by atoms with Crippen LogP contribution in [0.2, 0.25) is 0 Å². The van der Waals surface area contributed by atoms with Gasteiger partial charge in [-0.15, -0.1) is 6.58 Å². The van der Waals surface area contributed by atoms with Gasteiger partial charge in [-0.1, -0.05) is 6.08 Å². The molecule has 2 atom stereocenters. The highest BCUT2D eigenvalue weighted by Crippen LogP contribution is 2.04. The molecule has 60 valence electrons. The molecule has 0 saturated carbocycles. The van der Waals surface area contributed by atoms with Gasteiger partial charge in [0.15, 0.2) is 0 Å². The molecular formula is C8H16O2. The van der Waals surface area contributed by atoms with Crippen molar-refractivity contribution in [2.24, 2.45) is 0 Å². The summed E-state index contributed by atoms with van der Waals surface area (Å²) >= 11 is 0. The summed E-state index contributed by atoms with van der Waals surface area (Å²) in [7, 11) is 0. The Morgan fingerprint density at radius 2 is 2.10 bits per heavy atom. The van der Waals surface area contributed by atoms with Crippen LogP contribution < -0.4 is 0 Å². The van der Waals surface area contributed by atoms with Crippen molar-refractivity contribution >= 4 is 0 Å². The smallest absolute Gasteiger partial charge is 0.0567 e. The third kappa shape index (κ3) is 5.79. The number of aliphatic hydroxyl groups excluding tert-OH is 2. The lowest BCUT2D eigenvalue weighted by Gasteiger charge is -2.10. The van der Waals surface area contributed by atoms with E-state index in [0.717, 1.165) is 6.42 Å². The van der Waals surface area contributed by atoms with Gasteiger partial charge in [0.25, 0.3) is 0 Å². The van der Waals surface area contributed by atoms with Crippen LogP contribution in [0.15, 0.2) is 12.7 Å². The molecule has 0 bridgehead atoms. The zero-order valence-corrected chi connectivity index (χ0v) is 6.45. The Hall–Kier alpha value is -0.340. The predicted molar refractivity (Wildman–Crippen MR) is 41.7 cm³/mol. The van der Waals surface area contributed by atoms with Crippen molar-refractivity contribution in [3.8, 4) is 0 Å². The van der Waals surface area contributed by atoms with E-state index < -0.39 is 6.10 Å². The van der Waals surface area contributed by atoms with Crippen LogP contribution in [-0.4, -0.2) is 22.4 Å². The maximum Gasteiger partial charge on any atom is 0.0567 e. The zero-order chi connectivity index (χ0) is 7.98. The fourth-order valence-electron chi connectivity index (χ4n) is 0.822. The molecule has 0 aromatic carbocycles. The molecule has 0 saturated heterocycles. The minimum Gasteiger partial charge on any atom is -0.393 e. The molecule has 2 unspecified atom stereocenters. The molecule has 2 N–H and O–H groups in total. The Morgan fingerprint density at radius 1 is 1.50 bits per heavy atom. The monoisotopic (exact) mass is 144 g/mol. The van der Waals surface area contributed by atoms with Gasteiger partial charge in [-0.25, -0.2) is 0 Å². The molecule has 0 fully saturated rings. The Labute approximate surface area is 62.2 Å². The van der Waals surface area contributed by atoms with Crippen LogP contribution in [0.25, 0.3) is 0 Å². The first kappa shape index (κ1) is 9.66. The summed E-state index contributed by atoms with van der Waals surface area (Å²) in [5.41, 5.74) is 0. The number of hydrogen-bond donors (Lipinski definition) is 2. The SMILES string of the molecule is C=CCCC(O)CC(C)O. The molecule has 0 aromatic rings. The molecule has 0 spiro atoms. The van der Waals surface area contributed by atoms with Crippen molar-refractivity contribution in [3.63, 3.8) is 0 Å². The molecule has 0 aliphatic heterocycles. The summed E-state index contributed by atoms with van der Waals surface area (Å²) in [6.45, 7) is 5.22. The van der Waals surface area contributed by atoms with Gasteiger partial charge in [0.1, 0.15) is 0 Å². The molecule has 0 rings (SSSR count). The molecule has 0 heterocycles. The van der Waals surface area contributed by atoms with Gasteiger partial charge in [-0.05, 0) is 26.2 Å². The Morgan fingerprint density at radius 3 is 2.50 bits per heavy atom. The summed E-state index contributed by atoms with van der Waals surface area (Å²) in [4.78, 5) is 0. The van der Waals surface area contributed by atoms with Crippen LogP contribution >= 0.6 is 0 Å². The summed E-state index contributed by atoms with van der Waals surface area (Å²) in [5.74, 6) is 0. The topological polar surface area (TPSA) is 40.5 Å². The van der Waals surface area contributed by atoms with E-state index >= 15 is 0 Å². The Balaban J connectivity index is 3.24. The van der Waals surface area contributed by atoms with Crippen LogP contribution in [0.5, 0.6) is 0 Å². The van der Waals surface area contributed by atoms with Gasteiger partial charge in [-0.3, -0.25) is 0 Å². The zero-order valence-electron chi connectivity index (χ0n) is 6.45. The van der Waals surface area contributed by atoms with Crippen LogP contribution in [0.3, 0.4) is 0 Å². The van der Waals surface area contributed by atoms with E-state index in [1.54, 1.807) is 13.0 Å². The van der Waals surface area contributed by atoms with Crippen molar-refractivity contribution in [2.75, 3.05) is 0 Å². The summed E-state index contributed by atoms with van der Waals surface area (Å²) in [5, 5.41) is 18.0. The largest absolute Gasteiger partial charge is 0.393 e. The quantitative estimate of drug-likeness (QED) is 0.567. The van der Waals surface area contributed by atoms with Gasteiger partial charge in [0.05, 0.1) is 12.2 Å². The van der Waals surface area contributed by atoms with Crippen molar-refractivity contribution < 1.29 is 10.2 Å². The second-order valence-corrected chi connectivity index (χ2v) is 2.60. The highest BCUT2D eigenvalue weighted by Gasteiger charge is 2.05. The summed E-state index contributed by atoms with van der Waals surface area (Å²) in [6.07, 6.45) is 2.97. The van der Waals surface area contributed by atoms with Gasteiger partial charge in [-0.2, -0.15) is 0 Å². The van der Waals surface area contributed by atoms with Crippen molar-refractivity contribution in [1.82, 2.24) is 0 Å². The van der Waals surface area contributed by atoms with Gasteiger partial charge in [0, 0.05) is 0 Å². The molecule has 10 heavy (non-hydrogen) atoms. The van der Waals surface area contributed by atoms with E-state index in [2.05, 4.69) is 6.58 Å². The predicted octanol–water partition coefficient (Wildman–Crippen LogP) is 1.08. The van der Waals surface area contributed by atoms with Gasteiger partial charge >= 0.3 is 0 Å². The van der Waals surface area contributed by atoms with E-state index in [0.29, 0.717) is 12.8 Å². The van der Waals surface area contributed by atoms with Gasteiger partial charge in [0.2, 0.25) is 0 Å². The Kier molecular flexibility index (Phi) is 5.26. The standard InChI is InChI=1S/C8H16O2/c1-3-4-5-8(10)6-7(2)9/h3,7-10H,1,4-6H2,2H3. The third-order valence-corrected chi connectivity index (χ3v) is 1.32. The third-order valence-electron chi connectivity index (χ3n) is 1.32. The normalized spacial score (nSPS) is 16.3. The van der Waals surface area contributed by atoms with E-state index in [-0.39, 0.29) is 6.10 Å². The van der Waals surface area contributed by atoms with E-state index in [1.165, 1.54) is 0 Å². The van der Waals surface area contributed by atoms with E-state index in [4.69, 9.17) is 10.2 Å². The summed E-state index contributed by atoms with van der Waals surface area (Å²) in [6, 6.07) is 0. The fraction of sp³-hybridized carbons (Fsp3) is 0.750. The maximum atomic E-state index is 9.14. The van der Waals surface area contributed by atoms with Crippen molar-refractivity contribution in [3.05, 3.63) is 12.7 Å². The first-order valence-electron chi connectivity index (χ1n) is 3.63. The maximum absolute atomic E-state index is 9.14. The lowest BCUT2D eigenvalue weighted by Crippen LogP contribution is -2.14.